The minimum absolute atomic E-state index is 0.0943. The van der Waals surface area contributed by atoms with Crippen LogP contribution in [0.1, 0.15) is 30.6 Å². The van der Waals surface area contributed by atoms with E-state index >= 15 is 0 Å². The van der Waals surface area contributed by atoms with Gasteiger partial charge in [-0.05, 0) is 44.7 Å². The molecule has 8 heteroatoms. The normalized spacial score (nSPS) is 23.8. The highest BCUT2D eigenvalue weighted by Gasteiger charge is 2.36. The Morgan fingerprint density at radius 1 is 1.20 bits per heavy atom. The van der Waals surface area contributed by atoms with Crippen molar-refractivity contribution in [3.63, 3.8) is 0 Å². The predicted molar refractivity (Wildman–Crippen MR) is 97.1 cm³/mol. The molecule has 0 N–H and O–H groups in total. The van der Waals surface area contributed by atoms with Gasteiger partial charge < -0.3 is 9.64 Å². The number of nitrogens with zero attached hydrogens (tertiary/aromatic N) is 2. The first kappa shape index (κ1) is 18.8. The SMILES string of the molecule is COC1CCN(C(=O)C2CCCN(S(=O)(=O)c3ccc(C)s3)C2)CC1. The molecule has 2 aliphatic rings. The number of piperidine rings is 2. The molecule has 3 rings (SSSR count). The molecule has 0 bridgehead atoms. The number of aryl methyl sites for hydroxylation is 1. The number of hydrogen-bond donors (Lipinski definition) is 0. The highest BCUT2D eigenvalue weighted by Crippen LogP contribution is 2.29. The van der Waals surface area contributed by atoms with Crippen LogP contribution in [0.5, 0.6) is 0 Å². The lowest BCUT2D eigenvalue weighted by Gasteiger charge is -2.37. The minimum atomic E-state index is -3.49. The van der Waals surface area contributed by atoms with Gasteiger partial charge in [-0.1, -0.05) is 0 Å². The lowest BCUT2D eigenvalue weighted by atomic mass is 9.96. The van der Waals surface area contributed by atoms with Crippen LogP contribution in [0, 0.1) is 12.8 Å². The van der Waals surface area contributed by atoms with Crippen molar-refractivity contribution >= 4 is 27.3 Å². The van der Waals surface area contributed by atoms with Gasteiger partial charge in [-0.3, -0.25) is 4.79 Å². The fraction of sp³-hybridized carbons (Fsp3) is 0.706. The quantitative estimate of drug-likeness (QED) is 0.795. The molecule has 25 heavy (non-hydrogen) atoms. The molecule has 0 spiro atoms. The van der Waals surface area contributed by atoms with Gasteiger partial charge in [0, 0.05) is 38.2 Å². The van der Waals surface area contributed by atoms with E-state index in [2.05, 4.69) is 0 Å². The number of rotatable bonds is 4. The van der Waals surface area contributed by atoms with E-state index in [0.29, 0.717) is 30.4 Å². The molecule has 0 aromatic carbocycles. The first-order valence-electron chi connectivity index (χ1n) is 8.80. The zero-order valence-corrected chi connectivity index (χ0v) is 16.4. The summed E-state index contributed by atoms with van der Waals surface area (Å²) >= 11 is 1.29. The molecule has 2 saturated heterocycles. The largest absolute Gasteiger partial charge is 0.381 e. The third kappa shape index (κ3) is 4.07. The van der Waals surface area contributed by atoms with Gasteiger partial charge in [0.1, 0.15) is 4.21 Å². The van der Waals surface area contributed by atoms with Gasteiger partial charge in [0.05, 0.1) is 12.0 Å². The lowest BCUT2D eigenvalue weighted by molar-refractivity contribution is -0.139. The van der Waals surface area contributed by atoms with Crippen LogP contribution in [0.2, 0.25) is 0 Å². The molecule has 1 amide bonds. The van der Waals surface area contributed by atoms with Gasteiger partial charge in [0.2, 0.25) is 5.91 Å². The van der Waals surface area contributed by atoms with Crippen molar-refractivity contribution in [2.75, 3.05) is 33.3 Å². The second-order valence-electron chi connectivity index (χ2n) is 6.83. The molecule has 0 radical (unpaired) electrons. The summed E-state index contributed by atoms with van der Waals surface area (Å²) in [5.74, 6) is -0.138. The highest BCUT2D eigenvalue weighted by molar-refractivity contribution is 7.91. The molecule has 6 nitrogen and oxygen atoms in total. The highest BCUT2D eigenvalue weighted by atomic mass is 32.2. The summed E-state index contributed by atoms with van der Waals surface area (Å²) in [5.41, 5.74) is 0. The maximum atomic E-state index is 12.8. The molecular formula is C17H26N2O4S2. The van der Waals surface area contributed by atoms with Crippen molar-refractivity contribution in [1.82, 2.24) is 9.21 Å². The smallest absolute Gasteiger partial charge is 0.252 e. The van der Waals surface area contributed by atoms with Crippen LogP contribution in [-0.4, -0.2) is 62.9 Å². The summed E-state index contributed by atoms with van der Waals surface area (Å²) in [6, 6.07) is 3.49. The molecule has 3 heterocycles. The zero-order valence-electron chi connectivity index (χ0n) is 14.8. The number of amides is 1. The fourth-order valence-corrected chi connectivity index (χ4v) is 6.57. The van der Waals surface area contributed by atoms with E-state index in [1.54, 1.807) is 13.2 Å². The van der Waals surface area contributed by atoms with Gasteiger partial charge in [0.15, 0.2) is 0 Å². The minimum Gasteiger partial charge on any atom is -0.381 e. The number of likely N-dealkylation sites (tertiary alicyclic amines) is 1. The number of thiophene rings is 1. The Morgan fingerprint density at radius 3 is 2.52 bits per heavy atom. The van der Waals surface area contributed by atoms with E-state index in [0.717, 1.165) is 30.6 Å². The predicted octanol–water partition coefficient (Wildman–Crippen LogP) is 2.09. The summed E-state index contributed by atoms with van der Waals surface area (Å²) < 4.78 is 32.9. The van der Waals surface area contributed by atoms with Crippen LogP contribution in [0.15, 0.2) is 16.3 Å². The van der Waals surface area contributed by atoms with Crippen LogP contribution in [-0.2, 0) is 19.6 Å². The number of hydrogen-bond acceptors (Lipinski definition) is 5. The molecule has 1 unspecified atom stereocenters. The van der Waals surface area contributed by atoms with E-state index in [-0.39, 0.29) is 17.9 Å². The standard InChI is InChI=1S/C17H26N2O4S2/c1-13-5-6-16(24-13)25(21,22)19-9-3-4-14(12-19)17(20)18-10-7-15(23-2)8-11-18/h5-6,14-15H,3-4,7-12H2,1-2H3. The van der Waals surface area contributed by atoms with Crippen molar-refractivity contribution in [3.05, 3.63) is 17.0 Å². The Labute approximate surface area is 153 Å². The van der Waals surface area contributed by atoms with Crippen LogP contribution in [0.3, 0.4) is 0 Å². The molecule has 2 aliphatic heterocycles. The molecular weight excluding hydrogens is 360 g/mol. The Morgan fingerprint density at radius 2 is 1.92 bits per heavy atom. The van der Waals surface area contributed by atoms with E-state index in [4.69, 9.17) is 4.74 Å². The maximum absolute atomic E-state index is 12.8. The Balaban J connectivity index is 1.66. The average Bonchev–Trinajstić information content (AvgIpc) is 3.08. The van der Waals surface area contributed by atoms with Gasteiger partial charge in [0.25, 0.3) is 10.0 Å². The first-order chi connectivity index (χ1) is 11.9. The third-order valence-corrected chi connectivity index (χ3v) is 8.46. The first-order valence-corrected chi connectivity index (χ1v) is 11.1. The molecule has 1 aromatic heterocycles. The summed E-state index contributed by atoms with van der Waals surface area (Å²) in [4.78, 5) is 15.7. The molecule has 0 saturated carbocycles. The third-order valence-electron chi connectivity index (χ3n) is 5.13. The van der Waals surface area contributed by atoms with Crippen molar-refractivity contribution in [3.8, 4) is 0 Å². The van der Waals surface area contributed by atoms with Crippen molar-refractivity contribution in [1.29, 1.82) is 0 Å². The van der Waals surface area contributed by atoms with Gasteiger partial charge in [-0.2, -0.15) is 4.31 Å². The second kappa shape index (κ2) is 7.73. The summed E-state index contributed by atoms with van der Waals surface area (Å²) in [7, 11) is -1.78. The Bertz CT molecular complexity index is 708. The number of carbonyl (C=O) groups is 1. The zero-order chi connectivity index (χ0) is 18.0. The van der Waals surface area contributed by atoms with Gasteiger partial charge in [-0.15, -0.1) is 11.3 Å². The van der Waals surface area contributed by atoms with Crippen LogP contribution < -0.4 is 0 Å². The van der Waals surface area contributed by atoms with Gasteiger partial charge in [-0.25, -0.2) is 8.42 Å². The van der Waals surface area contributed by atoms with Crippen LogP contribution in [0.25, 0.3) is 0 Å². The fourth-order valence-electron chi connectivity index (χ4n) is 3.61. The maximum Gasteiger partial charge on any atom is 0.252 e. The molecule has 0 aliphatic carbocycles. The van der Waals surface area contributed by atoms with Crippen molar-refractivity contribution in [2.45, 2.75) is 42.9 Å². The molecule has 140 valence electrons. The molecule has 2 fully saturated rings. The van der Waals surface area contributed by atoms with E-state index in [1.807, 2.05) is 17.9 Å². The number of carbonyl (C=O) groups excluding carboxylic acids is 1. The van der Waals surface area contributed by atoms with Gasteiger partial charge >= 0.3 is 0 Å². The Hall–Kier alpha value is -0.960. The lowest BCUT2D eigenvalue weighted by Crippen LogP contribution is -2.49. The van der Waals surface area contributed by atoms with Crippen molar-refractivity contribution in [2.24, 2.45) is 5.92 Å². The summed E-state index contributed by atoms with van der Waals surface area (Å²) in [6.45, 7) is 4.09. The van der Waals surface area contributed by atoms with E-state index < -0.39 is 10.0 Å². The van der Waals surface area contributed by atoms with E-state index in [1.165, 1.54) is 15.6 Å². The van der Waals surface area contributed by atoms with Crippen molar-refractivity contribution < 1.29 is 17.9 Å². The van der Waals surface area contributed by atoms with Crippen LogP contribution >= 0.6 is 11.3 Å². The number of sulfonamides is 1. The molecule has 1 atom stereocenters. The Kier molecular flexibility index (Phi) is 5.82. The average molecular weight is 387 g/mol. The van der Waals surface area contributed by atoms with Crippen LogP contribution in [0.4, 0.5) is 0 Å². The monoisotopic (exact) mass is 386 g/mol. The topological polar surface area (TPSA) is 66.9 Å². The van der Waals surface area contributed by atoms with E-state index in [9.17, 15) is 13.2 Å². The number of methoxy groups -OCH3 is 1. The number of ether oxygens (including phenoxy) is 1. The molecule has 1 aromatic rings. The summed E-state index contributed by atoms with van der Waals surface area (Å²) in [6.07, 6.45) is 3.43. The second-order valence-corrected chi connectivity index (χ2v) is 10.3. The summed E-state index contributed by atoms with van der Waals surface area (Å²) in [5, 5.41) is 0.